The maximum Gasteiger partial charge on any atom is 0.223 e. The van der Waals surface area contributed by atoms with E-state index in [0.717, 1.165) is 6.54 Å². The van der Waals surface area contributed by atoms with E-state index in [2.05, 4.69) is 44.5 Å². The second kappa shape index (κ2) is 8.31. The number of likely N-dealkylation sites (tertiary alicyclic amines) is 1. The highest BCUT2D eigenvalue weighted by molar-refractivity contribution is 6.29. The molecule has 5 nitrogen and oxygen atoms in total. The summed E-state index contributed by atoms with van der Waals surface area (Å²) in [6.45, 7) is 4.08. The summed E-state index contributed by atoms with van der Waals surface area (Å²) in [6, 6.07) is 10.2. The van der Waals surface area contributed by atoms with Gasteiger partial charge in [0, 0.05) is 19.2 Å². The van der Waals surface area contributed by atoms with Crippen molar-refractivity contribution >= 4 is 23.4 Å². The molecule has 2 heterocycles. The standard InChI is InChI=1S/C18H24ClN5/c19-16-11-17(23-18(20)22-16)21-12-14-7-3-4-8-15(14)13-24-9-5-1-2-6-10-24/h3-4,7-8,11H,1-2,5-6,9-10,12-13H2,(H3,20,21,22,23). The molecule has 1 aromatic carbocycles. The molecule has 0 bridgehead atoms. The molecule has 3 rings (SSSR count). The van der Waals surface area contributed by atoms with E-state index in [4.69, 9.17) is 17.3 Å². The van der Waals surface area contributed by atoms with Crippen molar-refractivity contribution in [3.8, 4) is 0 Å². The van der Waals surface area contributed by atoms with E-state index < -0.39 is 0 Å². The fraction of sp³-hybridized carbons (Fsp3) is 0.444. The Balaban J connectivity index is 1.67. The molecule has 0 aliphatic carbocycles. The fourth-order valence-electron chi connectivity index (χ4n) is 3.13. The number of benzene rings is 1. The summed E-state index contributed by atoms with van der Waals surface area (Å²) in [5.41, 5.74) is 8.28. The molecule has 6 heteroatoms. The van der Waals surface area contributed by atoms with Crippen molar-refractivity contribution in [2.24, 2.45) is 0 Å². The number of hydrogen-bond acceptors (Lipinski definition) is 5. The topological polar surface area (TPSA) is 67.1 Å². The summed E-state index contributed by atoms with van der Waals surface area (Å²) in [7, 11) is 0. The summed E-state index contributed by atoms with van der Waals surface area (Å²) < 4.78 is 0. The van der Waals surface area contributed by atoms with Gasteiger partial charge in [-0.25, -0.2) is 4.98 Å². The molecule has 2 aromatic rings. The highest BCUT2D eigenvalue weighted by atomic mass is 35.5. The number of anilines is 2. The monoisotopic (exact) mass is 345 g/mol. The van der Waals surface area contributed by atoms with Crippen LogP contribution in [0.3, 0.4) is 0 Å². The third-order valence-electron chi connectivity index (χ3n) is 4.38. The van der Waals surface area contributed by atoms with Gasteiger partial charge in [0.05, 0.1) is 0 Å². The third kappa shape index (κ3) is 4.82. The molecule has 1 aliphatic heterocycles. The molecule has 0 amide bonds. The highest BCUT2D eigenvalue weighted by Crippen LogP contribution is 2.18. The Kier molecular flexibility index (Phi) is 5.88. The fourth-order valence-corrected chi connectivity index (χ4v) is 3.32. The van der Waals surface area contributed by atoms with Crippen LogP contribution < -0.4 is 11.1 Å². The van der Waals surface area contributed by atoms with Crippen LogP contribution in [-0.2, 0) is 13.1 Å². The van der Waals surface area contributed by atoms with Gasteiger partial charge in [-0.3, -0.25) is 4.90 Å². The number of nitrogens with one attached hydrogen (secondary N) is 1. The second-order valence-electron chi connectivity index (χ2n) is 6.25. The van der Waals surface area contributed by atoms with Crippen LogP contribution >= 0.6 is 11.6 Å². The minimum Gasteiger partial charge on any atom is -0.368 e. The van der Waals surface area contributed by atoms with E-state index in [-0.39, 0.29) is 5.95 Å². The number of rotatable bonds is 5. The molecule has 128 valence electrons. The van der Waals surface area contributed by atoms with Crippen LogP contribution in [0.1, 0.15) is 36.8 Å². The molecule has 1 fully saturated rings. The van der Waals surface area contributed by atoms with Gasteiger partial charge in [0.1, 0.15) is 11.0 Å². The van der Waals surface area contributed by atoms with Crippen LogP contribution in [-0.4, -0.2) is 28.0 Å². The Morgan fingerprint density at radius 1 is 1.04 bits per heavy atom. The lowest BCUT2D eigenvalue weighted by molar-refractivity contribution is 0.276. The molecule has 0 saturated carbocycles. The van der Waals surface area contributed by atoms with Gasteiger partial charge in [-0.15, -0.1) is 0 Å². The maximum atomic E-state index is 5.93. The van der Waals surface area contributed by atoms with Crippen LogP contribution in [0, 0.1) is 0 Å². The van der Waals surface area contributed by atoms with Crippen molar-refractivity contribution in [3.05, 3.63) is 46.6 Å². The van der Waals surface area contributed by atoms with Crippen molar-refractivity contribution in [1.29, 1.82) is 0 Å². The van der Waals surface area contributed by atoms with Crippen LogP contribution in [0.15, 0.2) is 30.3 Å². The van der Waals surface area contributed by atoms with E-state index in [1.165, 1.54) is 49.9 Å². The van der Waals surface area contributed by atoms with Crippen LogP contribution in [0.25, 0.3) is 0 Å². The zero-order valence-electron chi connectivity index (χ0n) is 13.8. The Labute approximate surface area is 148 Å². The summed E-state index contributed by atoms with van der Waals surface area (Å²) >= 11 is 5.93. The molecule has 24 heavy (non-hydrogen) atoms. The maximum absolute atomic E-state index is 5.93. The highest BCUT2D eigenvalue weighted by Gasteiger charge is 2.11. The summed E-state index contributed by atoms with van der Waals surface area (Å²) in [5.74, 6) is 0.833. The zero-order chi connectivity index (χ0) is 16.8. The first-order chi connectivity index (χ1) is 11.7. The van der Waals surface area contributed by atoms with E-state index in [1.807, 2.05) is 0 Å². The lowest BCUT2D eigenvalue weighted by atomic mass is 10.1. The average molecular weight is 346 g/mol. The smallest absolute Gasteiger partial charge is 0.223 e. The average Bonchev–Trinajstić information content (AvgIpc) is 2.82. The summed E-state index contributed by atoms with van der Waals surface area (Å²) in [4.78, 5) is 10.6. The van der Waals surface area contributed by atoms with E-state index in [0.29, 0.717) is 17.5 Å². The molecule has 3 N–H and O–H groups in total. The minimum absolute atomic E-state index is 0.183. The lowest BCUT2D eigenvalue weighted by Gasteiger charge is -2.21. The molecule has 0 radical (unpaired) electrons. The molecule has 1 aliphatic rings. The van der Waals surface area contributed by atoms with Crippen LogP contribution in [0.2, 0.25) is 5.15 Å². The zero-order valence-corrected chi connectivity index (χ0v) is 14.6. The molecular weight excluding hydrogens is 322 g/mol. The van der Waals surface area contributed by atoms with Gasteiger partial charge in [0.15, 0.2) is 0 Å². The van der Waals surface area contributed by atoms with E-state index in [9.17, 15) is 0 Å². The van der Waals surface area contributed by atoms with Gasteiger partial charge in [0.2, 0.25) is 5.95 Å². The van der Waals surface area contributed by atoms with Crippen molar-refractivity contribution in [1.82, 2.24) is 14.9 Å². The molecule has 0 atom stereocenters. The first kappa shape index (κ1) is 17.0. The number of aromatic nitrogens is 2. The van der Waals surface area contributed by atoms with Gasteiger partial charge < -0.3 is 11.1 Å². The number of nitrogens with two attached hydrogens (primary N) is 1. The summed E-state index contributed by atoms with van der Waals surface area (Å²) in [6.07, 6.45) is 5.32. The van der Waals surface area contributed by atoms with Crippen LogP contribution in [0.5, 0.6) is 0 Å². The number of hydrogen-bond donors (Lipinski definition) is 2. The quantitative estimate of drug-likeness (QED) is 0.809. The van der Waals surface area contributed by atoms with E-state index in [1.54, 1.807) is 6.07 Å². The van der Waals surface area contributed by atoms with Gasteiger partial charge in [0.25, 0.3) is 0 Å². The molecule has 0 spiro atoms. The van der Waals surface area contributed by atoms with Gasteiger partial charge in [-0.05, 0) is 37.1 Å². The van der Waals surface area contributed by atoms with Crippen molar-refractivity contribution in [2.75, 3.05) is 24.1 Å². The van der Waals surface area contributed by atoms with E-state index >= 15 is 0 Å². The Morgan fingerprint density at radius 2 is 1.75 bits per heavy atom. The Bertz CT molecular complexity index is 648. The molecule has 1 saturated heterocycles. The Hall–Kier alpha value is -1.85. The third-order valence-corrected chi connectivity index (χ3v) is 4.58. The van der Waals surface area contributed by atoms with Crippen molar-refractivity contribution in [2.45, 2.75) is 38.8 Å². The molecule has 1 aromatic heterocycles. The number of nitrogens with zero attached hydrogens (tertiary/aromatic N) is 3. The SMILES string of the molecule is Nc1nc(Cl)cc(NCc2ccccc2CN2CCCCCC2)n1. The number of nitrogen functional groups attached to an aromatic ring is 1. The molecule has 0 unspecified atom stereocenters. The Morgan fingerprint density at radius 3 is 2.46 bits per heavy atom. The minimum atomic E-state index is 0.183. The molecular formula is C18H24ClN5. The first-order valence-electron chi connectivity index (χ1n) is 8.54. The number of halogens is 1. The predicted molar refractivity (Wildman–Crippen MR) is 99.0 cm³/mol. The van der Waals surface area contributed by atoms with Gasteiger partial charge >= 0.3 is 0 Å². The van der Waals surface area contributed by atoms with Crippen molar-refractivity contribution in [3.63, 3.8) is 0 Å². The lowest BCUT2D eigenvalue weighted by Crippen LogP contribution is -2.24. The second-order valence-corrected chi connectivity index (χ2v) is 6.63. The van der Waals surface area contributed by atoms with Gasteiger partial charge in [-0.2, -0.15) is 4.98 Å². The van der Waals surface area contributed by atoms with Crippen molar-refractivity contribution < 1.29 is 0 Å². The summed E-state index contributed by atoms with van der Waals surface area (Å²) in [5, 5.41) is 3.65. The first-order valence-corrected chi connectivity index (χ1v) is 8.91. The predicted octanol–water partition coefficient (Wildman–Crippen LogP) is 3.70. The van der Waals surface area contributed by atoms with Gasteiger partial charge in [-0.1, -0.05) is 48.7 Å². The normalized spacial score (nSPS) is 15.9. The van der Waals surface area contributed by atoms with Crippen LogP contribution in [0.4, 0.5) is 11.8 Å². The largest absolute Gasteiger partial charge is 0.368 e.